The normalized spacial score (nSPS) is 10.7. The van der Waals surface area contributed by atoms with Gasteiger partial charge < -0.3 is 19.4 Å². The highest BCUT2D eigenvalue weighted by atomic mass is 32.1. The monoisotopic (exact) mass is 373 g/mol. The van der Waals surface area contributed by atoms with E-state index in [0.717, 1.165) is 16.7 Å². The predicted molar refractivity (Wildman–Crippen MR) is 99.9 cm³/mol. The van der Waals surface area contributed by atoms with Crippen LogP contribution in [-0.4, -0.2) is 35.6 Å². The SMILES string of the molecule is COC(=O)c1nc(NC(=O)CCn2ccc3cc(OC)ccc32)sc1C. The smallest absolute Gasteiger partial charge is 0.357 e. The van der Waals surface area contributed by atoms with Crippen LogP contribution in [-0.2, 0) is 16.1 Å². The number of hydrogen-bond donors (Lipinski definition) is 1. The first-order chi connectivity index (χ1) is 12.5. The van der Waals surface area contributed by atoms with Gasteiger partial charge >= 0.3 is 5.97 Å². The van der Waals surface area contributed by atoms with Crippen LogP contribution < -0.4 is 10.1 Å². The van der Waals surface area contributed by atoms with Gasteiger partial charge in [-0.25, -0.2) is 9.78 Å². The minimum absolute atomic E-state index is 0.162. The number of carbonyl (C=O) groups excluding carboxylic acids is 2. The zero-order valence-corrected chi connectivity index (χ0v) is 15.6. The maximum Gasteiger partial charge on any atom is 0.357 e. The van der Waals surface area contributed by atoms with Crippen LogP contribution in [0, 0.1) is 6.92 Å². The van der Waals surface area contributed by atoms with E-state index < -0.39 is 5.97 Å². The maximum absolute atomic E-state index is 12.2. The van der Waals surface area contributed by atoms with Gasteiger partial charge in [0.2, 0.25) is 5.91 Å². The van der Waals surface area contributed by atoms with Crippen LogP contribution in [0.3, 0.4) is 0 Å². The second kappa shape index (κ2) is 7.57. The molecular weight excluding hydrogens is 354 g/mol. The number of nitrogens with zero attached hydrogens (tertiary/aromatic N) is 2. The third kappa shape index (κ3) is 3.70. The van der Waals surface area contributed by atoms with Gasteiger partial charge in [-0.1, -0.05) is 0 Å². The molecule has 0 fully saturated rings. The lowest BCUT2D eigenvalue weighted by Gasteiger charge is -2.06. The third-order valence-corrected chi connectivity index (χ3v) is 4.87. The summed E-state index contributed by atoms with van der Waals surface area (Å²) >= 11 is 1.25. The highest BCUT2D eigenvalue weighted by Crippen LogP contribution is 2.24. The summed E-state index contributed by atoms with van der Waals surface area (Å²) < 4.78 is 11.9. The molecule has 0 radical (unpaired) electrons. The van der Waals surface area contributed by atoms with E-state index in [1.165, 1.54) is 18.4 Å². The average Bonchev–Trinajstić information content (AvgIpc) is 3.21. The lowest BCUT2D eigenvalue weighted by molar-refractivity contribution is -0.116. The third-order valence-electron chi connectivity index (χ3n) is 3.98. The first kappa shape index (κ1) is 17.9. The molecule has 1 N–H and O–H groups in total. The van der Waals surface area contributed by atoms with Crippen LogP contribution in [0.1, 0.15) is 21.8 Å². The number of aryl methyl sites for hydroxylation is 2. The van der Waals surface area contributed by atoms with Gasteiger partial charge in [0.05, 0.1) is 14.2 Å². The van der Waals surface area contributed by atoms with Gasteiger partial charge in [0.25, 0.3) is 0 Å². The number of carbonyl (C=O) groups is 2. The fraction of sp³-hybridized carbons (Fsp3) is 0.278. The fourth-order valence-corrected chi connectivity index (χ4v) is 3.46. The molecule has 1 amide bonds. The van der Waals surface area contributed by atoms with Crippen LogP contribution in [0.5, 0.6) is 5.75 Å². The van der Waals surface area contributed by atoms with Crippen molar-refractivity contribution in [2.75, 3.05) is 19.5 Å². The number of methoxy groups -OCH3 is 2. The molecule has 0 atom stereocenters. The maximum atomic E-state index is 12.2. The van der Waals surface area contributed by atoms with Crippen LogP contribution in [0.4, 0.5) is 5.13 Å². The summed E-state index contributed by atoms with van der Waals surface area (Å²) in [7, 11) is 2.94. The first-order valence-corrected chi connectivity index (χ1v) is 8.82. The van der Waals surface area contributed by atoms with Crippen molar-refractivity contribution >= 4 is 39.2 Å². The highest BCUT2D eigenvalue weighted by molar-refractivity contribution is 7.16. The molecule has 0 spiro atoms. The Labute approximate surface area is 154 Å². The standard InChI is InChI=1S/C18H19N3O4S/c1-11-16(17(23)25-3)20-18(26-11)19-15(22)7-9-21-8-6-12-10-13(24-2)4-5-14(12)21/h4-6,8,10H,7,9H2,1-3H3,(H,19,20,22). The van der Waals surface area contributed by atoms with E-state index in [4.69, 9.17) is 4.74 Å². The Balaban J connectivity index is 1.63. The molecule has 0 saturated heterocycles. The van der Waals surface area contributed by atoms with Crippen LogP contribution in [0.25, 0.3) is 10.9 Å². The van der Waals surface area contributed by atoms with E-state index in [1.54, 1.807) is 14.0 Å². The van der Waals surface area contributed by atoms with Gasteiger partial charge in [-0.2, -0.15) is 0 Å². The Morgan fingerprint density at radius 2 is 2.08 bits per heavy atom. The molecule has 3 aromatic rings. The van der Waals surface area contributed by atoms with E-state index in [9.17, 15) is 9.59 Å². The molecule has 0 aliphatic heterocycles. The minimum atomic E-state index is -0.506. The van der Waals surface area contributed by atoms with Crippen molar-refractivity contribution in [1.82, 2.24) is 9.55 Å². The van der Waals surface area contributed by atoms with Gasteiger partial charge in [0, 0.05) is 34.9 Å². The lowest BCUT2D eigenvalue weighted by atomic mass is 10.2. The van der Waals surface area contributed by atoms with Crippen molar-refractivity contribution in [1.29, 1.82) is 0 Å². The zero-order chi connectivity index (χ0) is 18.7. The van der Waals surface area contributed by atoms with Crippen LogP contribution in [0.2, 0.25) is 0 Å². The van der Waals surface area contributed by atoms with Gasteiger partial charge in [-0.05, 0) is 31.2 Å². The van der Waals surface area contributed by atoms with Gasteiger partial charge in [-0.3, -0.25) is 4.79 Å². The van der Waals surface area contributed by atoms with Gasteiger partial charge in [-0.15, -0.1) is 11.3 Å². The fourth-order valence-electron chi connectivity index (χ4n) is 2.64. The Hall–Kier alpha value is -2.87. The lowest BCUT2D eigenvalue weighted by Crippen LogP contribution is -2.14. The number of thiazole rings is 1. The molecule has 0 aliphatic carbocycles. The van der Waals surface area contributed by atoms with Crippen molar-refractivity contribution in [3.05, 3.63) is 41.0 Å². The molecule has 7 nitrogen and oxygen atoms in total. The molecule has 0 aliphatic rings. The van der Waals surface area contributed by atoms with E-state index in [-0.39, 0.29) is 11.6 Å². The second-order valence-corrected chi connectivity index (χ2v) is 6.85. The van der Waals surface area contributed by atoms with E-state index in [0.29, 0.717) is 23.0 Å². The quantitative estimate of drug-likeness (QED) is 0.671. The summed E-state index contributed by atoms with van der Waals surface area (Å²) in [4.78, 5) is 28.6. The summed E-state index contributed by atoms with van der Waals surface area (Å²) in [5.41, 5.74) is 1.27. The van der Waals surface area contributed by atoms with E-state index in [2.05, 4.69) is 15.0 Å². The summed E-state index contributed by atoms with van der Waals surface area (Å²) in [5, 5.41) is 4.19. The number of aromatic nitrogens is 2. The summed E-state index contributed by atoms with van der Waals surface area (Å²) in [6.45, 7) is 2.30. The average molecular weight is 373 g/mol. The molecular formula is C18H19N3O4S. The van der Waals surface area contributed by atoms with E-state index in [1.807, 2.05) is 35.0 Å². The first-order valence-electron chi connectivity index (χ1n) is 8.00. The van der Waals surface area contributed by atoms with Crippen LogP contribution in [0.15, 0.2) is 30.5 Å². The number of ether oxygens (including phenoxy) is 2. The zero-order valence-electron chi connectivity index (χ0n) is 14.7. The summed E-state index contributed by atoms with van der Waals surface area (Å²) in [5.74, 6) is 0.132. The Morgan fingerprint density at radius 3 is 2.81 bits per heavy atom. The largest absolute Gasteiger partial charge is 0.497 e. The number of benzene rings is 1. The number of anilines is 1. The molecule has 3 rings (SSSR count). The summed E-state index contributed by atoms with van der Waals surface area (Å²) in [6, 6.07) is 7.81. The van der Waals surface area contributed by atoms with Crippen molar-refractivity contribution in [2.24, 2.45) is 0 Å². The van der Waals surface area contributed by atoms with Gasteiger partial charge in [0.1, 0.15) is 5.75 Å². The number of hydrogen-bond acceptors (Lipinski definition) is 6. The van der Waals surface area contributed by atoms with E-state index >= 15 is 0 Å². The van der Waals surface area contributed by atoms with Crippen molar-refractivity contribution in [3.8, 4) is 5.75 Å². The van der Waals surface area contributed by atoms with Crippen LogP contribution >= 0.6 is 11.3 Å². The van der Waals surface area contributed by atoms with Crippen molar-refractivity contribution < 1.29 is 19.1 Å². The predicted octanol–water partition coefficient (Wildman–Crippen LogP) is 3.23. The molecule has 26 heavy (non-hydrogen) atoms. The number of esters is 1. The molecule has 1 aromatic carbocycles. The number of rotatable bonds is 6. The van der Waals surface area contributed by atoms with Crippen molar-refractivity contribution in [2.45, 2.75) is 19.9 Å². The molecule has 8 heteroatoms. The minimum Gasteiger partial charge on any atom is -0.497 e. The topological polar surface area (TPSA) is 82.5 Å². The number of nitrogens with one attached hydrogen (secondary N) is 1. The molecule has 2 heterocycles. The highest BCUT2D eigenvalue weighted by Gasteiger charge is 2.17. The molecule has 136 valence electrons. The summed E-state index contributed by atoms with van der Waals surface area (Å²) in [6.07, 6.45) is 2.24. The Bertz CT molecular complexity index is 961. The molecule has 2 aromatic heterocycles. The van der Waals surface area contributed by atoms with Crippen molar-refractivity contribution in [3.63, 3.8) is 0 Å². The number of fused-ring (bicyclic) bond motifs is 1. The van der Waals surface area contributed by atoms with Gasteiger partial charge in [0.15, 0.2) is 10.8 Å². The number of amides is 1. The molecule has 0 saturated carbocycles. The molecule has 0 unspecified atom stereocenters. The Morgan fingerprint density at radius 1 is 1.27 bits per heavy atom. The molecule has 0 bridgehead atoms. The second-order valence-electron chi connectivity index (χ2n) is 5.65. The Kier molecular flexibility index (Phi) is 5.22.